The molecule has 7 rings (SSSR count). The summed E-state index contributed by atoms with van der Waals surface area (Å²) in [5.74, 6) is -0.646. The van der Waals surface area contributed by atoms with Gasteiger partial charge >= 0.3 is 6.03 Å². The van der Waals surface area contributed by atoms with E-state index in [0.29, 0.717) is 29.2 Å². The number of carbonyl (C=O) groups is 2. The number of carbonyl (C=O) groups excluding carboxylic acids is 2. The minimum atomic E-state index is -4.69. The molecule has 51 heavy (non-hydrogen) atoms. The number of urea groups is 1. The van der Waals surface area contributed by atoms with Crippen LogP contribution in [0.5, 0.6) is 17.4 Å². The molecule has 1 atom stereocenters. The number of nitriles is 1. The third-order valence-electron chi connectivity index (χ3n) is 10.5. The summed E-state index contributed by atoms with van der Waals surface area (Å²) < 4.78 is 46.4. The number of methoxy groups -OCH3 is 2. The maximum atomic E-state index is 15.1. The summed E-state index contributed by atoms with van der Waals surface area (Å²) in [7, 11) is -1.93. The van der Waals surface area contributed by atoms with E-state index in [4.69, 9.17) is 14.2 Å². The van der Waals surface area contributed by atoms with Crippen molar-refractivity contribution in [2.45, 2.75) is 48.7 Å². The van der Waals surface area contributed by atoms with Crippen LogP contribution in [0.2, 0.25) is 0 Å². The smallest absolute Gasteiger partial charge is 0.318 e. The van der Waals surface area contributed by atoms with E-state index < -0.39 is 27.5 Å². The van der Waals surface area contributed by atoms with Crippen LogP contribution in [0, 0.1) is 11.3 Å². The van der Waals surface area contributed by atoms with Crippen LogP contribution in [0.25, 0.3) is 0 Å². The quantitative estimate of drug-likeness (QED) is 0.329. The molecular formula is C36H41N7O7S. The van der Waals surface area contributed by atoms with Crippen molar-refractivity contribution in [2.24, 2.45) is 0 Å². The number of anilines is 1. The lowest BCUT2D eigenvalue weighted by atomic mass is 9.83. The van der Waals surface area contributed by atoms with E-state index in [0.717, 1.165) is 25.9 Å². The Bertz CT molecular complexity index is 1990. The van der Waals surface area contributed by atoms with Gasteiger partial charge in [0.2, 0.25) is 5.88 Å². The Hall–Kier alpha value is -4.91. The second kappa shape index (κ2) is 13.7. The Morgan fingerprint density at radius 1 is 1.00 bits per heavy atom. The maximum Gasteiger partial charge on any atom is 0.318 e. The zero-order valence-electron chi connectivity index (χ0n) is 28.9. The van der Waals surface area contributed by atoms with Gasteiger partial charge in [-0.15, -0.1) is 0 Å². The summed E-state index contributed by atoms with van der Waals surface area (Å²) in [6, 6.07) is 13.9. The van der Waals surface area contributed by atoms with Crippen LogP contribution in [-0.4, -0.2) is 112 Å². The van der Waals surface area contributed by atoms with Gasteiger partial charge in [-0.25, -0.2) is 18.2 Å². The van der Waals surface area contributed by atoms with Crippen molar-refractivity contribution in [1.29, 1.82) is 5.26 Å². The number of hydrogen-bond donors (Lipinski definition) is 1. The predicted octanol–water partition coefficient (Wildman–Crippen LogP) is 2.91. The Kier molecular flexibility index (Phi) is 9.25. The normalized spacial score (nSPS) is 21.3. The first kappa shape index (κ1) is 34.5. The number of ether oxygens (including phenoxy) is 3. The van der Waals surface area contributed by atoms with Crippen LogP contribution in [0.4, 0.5) is 10.5 Å². The highest BCUT2D eigenvalue weighted by Gasteiger charge is 2.59. The van der Waals surface area contributed by atoms with Gasteiger partial charge in [0.05, 0.1) is 43.7 Å². The number of nitrogens with zero attached hydrogens (tertiary/aromatic N) is 6. The van der Waals surface area contributed by atoms with E-state index in [1.54, 1.807) is 24.0 Å². The molecule has 1 unspecified atom stereocenters. The van der Waals surface area contributed by atoms with Crippen molar-refractivity contribution in [3.8, 4) is 23.4 Å². The first-order valence-electron chi connectivity index (χ1n) is 17.2. The van der Waals surface area contributed by atoms with E-state index in [-0.39, 0.29) is 51.6 Å². The highest BCUT2D eigenvalue weighted by Crippen LogP contribution is 2.50. The highest BCUT2D eigenvalue weighted by molar-refractivity contribution is 7.93. The van der Waals surface area contributed by atoms with Crippen LogP contribution in [0.15, 0.2) is 59.6 Å². The molecule has 15 heteroatoms. The highest BCUT2D eigenvalue weighted by atomic mass is 32.2. The fraction of sp³-hybridized carbons (Fsp3) is 0.444. The molecule has 0 radical (unpaired) electrons. The molecule has 0 aliphatic carbocycles. The molecule has 4 aliphatic heterocycles. The number of rotatable bonds is 10. The molecule has 3 aromatic rings. The average Bonchev–Trinajstić information content (AvgIpc) is 3.34. The molecule has 4 aliphatic rings. The monoisotopic (exact) mass is 715 g/mol. The van der Waals surface area contributed by atoms with Crippen LogP contribution >= 0.6 is 0 Å². The number of hydrogen-bond acceptors (Lipinski definition) is 11. The summed E-state index contributed by atoms with van der Waals surface area (Å²) in [6.45, 7) is 7.11. The molecule has 3 saturated heterocycles. The van der Waals surface area contributed by atoms with Crippen molar-refractivity contribution in [1.82, 2.24) is 25.0 Å². The number of fused-ring (bicyclic) bond motifs is 1. The van der Waals surface area contributed by atoms with E-state index in [1.807, 2.05) is 0 Å². The maximum absolute atomic E-state index is 15.1. The van der Waals surface area contributed by atoms with Crippen molar-refractivity contribution >= 4 is 27.6 Å². The number of benzene rings is 2. The molecule has 2 aromatic carbocycles. The third kappa shape index (κ3) is 5.81. The molecule has 5 heterocycles. The van der Waals surface area contributed by atoms with Crippen molar-refractivity contribution in [3.63, 3.8) is 0 Å². The van der Waals surface area contributed by atoms with Gasteiger partial charge in [-0.1, -0.05) is 0 Å². The molecule has 14 nitrogen and oxygen atoms in total. The fourth-order valence-electron chi connectivity index (χ4n) is 7.57. The van der Waals surface area contributed by atoms with E-state index in [1.165, 1.54) is 76.3 Å². The van der Waals surface area contributed by atoms with Crippen LogP contribution in [0.3, 0.4) is 0 Å². The number of aromatic nitrogens is 1. The van der Waals surface area contributed by atoms with Gasteiger partial charge in [-0.05, 0) is 81.7 Å². The zero-order valence-corrected chi connectivity index (χ0v) is 29.7. The van der Waals surface area contributed by atoms with Gasteiger partial charge < -0.3 is 29.3 Å². The molecule has 268 valence electrons. The predicted molar refractivity (Wildman–Crippen MR) is 186 cm³/mol. The molecule has 0 bridgehead atoms. The van der Waals surface area contributed by atoms with Gasteiger partial charge in [-0.2, -0.15) is 9.57 Å². The summed E-state index contributed by atoms with van der Waals surface area (Å²) in [5.41, 5.74) is -1.78. The third-order valence-corrected chi connectivity index (χ3v) is 12.2. The van der Waals surface area contributed by atoms with Gasteiger partial charge in [0, 0.05) is 56.1 Å². The molecule has 0 saturated carbocycles. The van der Waals surface area contributed by atoms with Crippen molar-refractivity contribution in [2.75, 3.05) is 64.4 Å². The minimum Gasteiger partial charge on any atom is -0.497 e. The second-order valence-corrected chi connectivity index (χ2v) is 14.9. The minimum absolute atomic E-state index is 0.0324. The lowest BCUT2D eigenvalue weighted by Gasteiger charge is -2.50. The molecule has 3 amide bonds. The largest absolute Gasteiger partial charge is 0.497 e. The summed E-state index contributed by atoms with van der Waals surface area (Å²) in [5, 5.41) is 12.9. The number of pyridine rings is 1. The van der Waals surface area contributed by atoms with Crippen molar-refractivity contribution < 1.29 is 32.2 Å². The Labute approximate surface area is 297 Å². The Morgan fingerprint density at radius 2 is 1.75 bits per heavy atom. The Balaban J connectivity index is 1.27. The van der Waals surface area contributed by atoms with Crippen LogP contribution in [0.1, 0.15) is 42.9 Å². The van der Waals surface area contributed by atoms with E-state index in [9.17, 15) is 18.5 Å². The lowest BCUT2D eigenvalue weighted by Crippen LogP contribution is -2.67. The molecular weight excluding hydrogens is 675 g/mol. The Morgan fingerprint density at radius 3 is 2.39 bits per heavy atom. The standard InChI is InChI=1S/C36H41N7O7S/c1-4-50-33-28(7-5-14-38-33)36(39-35(45)42-22-26(23-42)41-17-12-25(13-18-41)40-15-6-16-40)29-19-24(21-37)8-10-30(29)43(34(36)44)51(46,47)32-11-9-27(48-2)20-31(32)49-3/h5,7-11,14,19-20,25-26H,4,6,12-13,15-18,22-23H2,1-3H3,(H,39,45). The molecule has 1 aromatic heterocycles. The average molecular weight is 716 g/mol. The van der Waals surface area contributed by atoms with Crippen LogP contribution in [-0.2, 0) is 20.4 Å². The first-order chi connectivity index (χ1) is 24.7. The number of piperidine rings is 1. The summed E-state index contributed by atoms with van der Waals surface area (Å²) >= 11 is 0. The van der Waals surface area contributed by atoms with E-state index >= 15 is 4.79 Å². The molecule has 1 N–H and O–H groups in total. The van der Waals surface area contributed by atoms with Gasteiger partial charge in [0.1, 0.15) is 16.4 Å². The van der Waals surface area contributed by atoms with Crippen LogP contribution < -0.4 is 23.8 Å². The molecule has 0 spiro atoms. The molecule has 3 fully saturated rings. The topological polar surface area (TPSA) is 158 Å². The number of nitrogens with one attached hydrogen (secondary N) is 1. The SMILES string of the molecule is CCOc1ncccc1C1(NC(=O)N2CC(N3CCC(N4CCC4)CC3)C2)C(=O)N(S(=O)(=O)c2ccc(OC)cc2OC)c2ccc(C#N)cc21. The van der Waals surface area contributed by atoms with Crippen molar-refractivity contribution in [3.05, 3.63) is 71.4 Å². The summed E-state index contributed by atoms with van der Waals surface area (Å²) in [6.07, 6.45) is 4.95. The number of amides is 3. The number of likely N-dealkylation sites (tertiary alicyclic amines) is 3. The van der Waals surface area contributed by atoms with Gasteiger partial charge in [0.25, 0.3) is 15.9 Å². The fourth-order valence-corrected chi connectivity index (χ4v) is 9.18. The second-order valence-electron chi connectivity index (χ2n) is 13.1. The van der Waals surface area contributed by atoms with Gasteiger partial charge in [0.15, 0.2) is 5.54 Å². The zero-order chi connectivity index (χ0) is 35.9. The first-order valence-corrected chi connectivity index (χ1v) is 18.6. The summed E-state index contributed by atoms with van der Waals surface area (Å²) in [4.78, 5) is 40.1. The van der Waals surface area contributed by atoms with E-state index in [2.05, 4.69) is 26.2 Å². The van der Waals surface area contributed by atoms with Gasteiger partial charge in [-0.3, -0.25) is 9.69 Å². The lowest BCUT2D eigenvalue weighted by molar-refractivity contribution is -0.121. The number of sulfonamides is 1.